The van der Waals surface area contributed by atoms with Gasteiger partial charge in [-0.2, -0.15) is 5.10 Å². The quantitative estimate of drug-likeness (QED) is 0.0989. The van der Waals surface area contributed by atoms with Gasteiger partial charge >= 0.3 is 0 Å². The lowest BCUT2D eigenvalue weighted by Gasteiger charge is -2.13. The van der Waals surface area contributed by atoms with Crippen LogP contribution in [0.5, 0.6) is 5.75 Å². The molecule has 0 saturated carbocycles. The van der Waals surface area contributed by atoms with Crippen LogP contribution >= 0.6 is 50.1 Å². The second-order valence-corrected chi connectivity index (χ2v) is 11.5. The molecule has 200 valence electrons. The van der Waals surface area contributed by atoms with Crippen LogP contribution in [0.3, 0.4) is 0 Å². The molecule has 0 unspecified atom stereocenters. The van der Waals surface area contributed by atoms with Crippen LogP contribution in [-0.4, -0.2) is 16.7 Å². The molecule has 5 aromatic rings. The van der Waals surface area contributed by atoms with Crippen molar-refractivity contribution in [3.63, 3.8) is 0 Å². The summed E-state index contributed by atoms with van der Waals surface area (Å²) in [6.45, 7) is 2.49. The number of aromatic nitrogens is 1. The highest BCUT2D eigenvalue weighted by molar-refractivity contribution is 14.1. The van der Waals surface area contributed by atoms with Gasteiger partial charge in [0.1, 0.15) is 12.4 Å². The van der Waals surface area contributed by atoms with E-state index in [1.54, 1.807) is 18.3 Å². The summed E-state index contributed by atoms with van der Waals surface area (Å²) < 4.78 is 9.90. The Morgan fingerprint density at radius 1 is 1.00 bits per heavy atom. The normalized spacial score (nSPS) is 11.1. The Hall–Kier alpha value is -3.40. The van der Waals surface area contributed by atoms with E-state index in [2.05, 4.69) is 84.8 Å². The molecule has 0 aliphatic rings. The van der Waals surface area contributed by atoms with Gasteiger partial charge in [0.15, 0.2) is 0 Å². The standard InChI is InChI=1S/C32H24BrClIN3O2/c1-21-7-16-30(24-5-3-2-4-6-24)38(21)27-14-10-25(11-15-27)32(39)37-36-19-23-17-28(33)31(29(35)18-23)40-20-22-8-12-26(34)13-9-22/h2-19H,20H2,1H3,(H,37,39)/b36-19+. The predicted octanol–water partition coefficient (Wildman–Crippen LogP) is 8.82. The molecular weight excluding hydrogens is 701 g/mol. The van der Waals surface area contributed by atoms with Crippen molar-refractivity contribution in [2.45, 2.75) is 13.5 Å². The molecule has 0 aliphatic carbocycles. The minimum absolute atomic E-state index is 0.285. The minimum atomic E-state index is -0.285. The number of carbonyl (C=O) groups excluding carboxylic acids is 1. The van der Waals surface area contributed by atoms with E-state index in [-0.39, 0.29) is 5.91 Å². The Morgan fingerprint density at radius 3 is 2.42 bits per heavy atom. The number of aryl methyl sites for hydroxylation is 1. The molecule has 40 heavy (non-hydrogen) atoms. The van der Waals surface area contributed by atoms with Crippen molar-refractivity contribution in [2.24, 2.45) is 5.10 Å². The van der Waals surface area contributed by atoms with Gasteiger partial charge in [0, 0.05) is 22.0 Å². The molecule has 0 fully saturated rings. The van der Waals surface area contributed by atoms with Crippen LogP contribution in [0.15, 0.2) is 113 Å². The second kappa shape index (κ2) is 12.8. The maximum absolute atomic E-state index is 12.7. The van der Waals surface area contributed by atoms with E-state index in [0.29, 0.717) is 17.2 Å². The van der Waals surface area contributed by atoms with Crippen molar-refractivity contribution in [3.8, 4) is 22.7 Å². The fourth-order valence-corrected chi connectivity index (χ4v) is 6.13. The molecule has 1 heterocycles. The van der Waals surface area contributed by atoms with E-state index in [1.165, 1.54) is 0 Å². The molecule has 1 N–H and O–H groups in total. The number of hydrogen-bond donors (Lipinski definition) is 1. The first kappa shape index (κ1) is 28.1. The molecule has 1 aromatic heterocycles. The molecule has 1 amide bonds. The van der Waals surface area contributed by atoms with Gasteiger partial charge in [-0.1, -0.05) is 54.1 Å². The molecular formula is C32H24BrClIN3O2. The maximum atomic E-state index is 12.7. The summed E-state index contributed by atoms with van der Waals surface area (Å²) in [6.07, 6.45) is 1.61. The minimum Gasteiger partial charge on any atom is -0.487 e. The predicted molar refractivity (Wildman–Crippen MR) is 174 cm³/mol. The van der Waals surface area contributed by atoms with Crippen molar-refractivity contribution < 1.29 is 9.53 Å². The highest BCUT2D eigenvalue weighted by Gasteiger charge is 2.12. The van der Waals surface area contributed by atoms with Crippen molar-refractivity contribution in [3.05, 3.63) is 139 Å². The largest absolute Gasteiger partial charge is 0.487 e. The number of rotatable bonds is 8. The third-order valence-electron chi connectivity index (χ3n) is 6.23. The number of carbonyl (C=O) groups is 1. The lowest BCUT2D eigenvalue weighted by molar-refractivity contribution is 0.0955. The van der Waals surface area contributed by atoms with Crippen LogP contribution < -0.4 is 10.2 Å². The Kier molecular flexibility index (Phi) is 9.04. The molecule has 5 nitrogen and oxygen atoms in total. The van der Waals surface area contributed by atoms with E-state index in [1.807, 2.05) is 66.7 Å². The number of halogens is 3. The first-order chi connectivity index (χ1) is 19.4. The molecule has 8 heteroatoms. The number of nitrogens with one attached hydrogen (secondary N) is 1. The van der Waals surface area contributed by atoms with Gasteiger partial charge < -0.3 is 9.30 Å². The topological polar surface area (TPSA) is 55.6 Å². The van der Waals surface area contributed by atoms with Gasteiger partial charge in [0.2, 0.25) is 0 Å². The molecule has 5 rings (SSSR count). The van der Waals surface area contributed by atoms with Crippen molar-refractivity contribution >= 4 is 62.2 Å². The van der Waals surface area contributed by atoms with Crippen LogP contribution in [0, 0.1) is 10.5 Å². The average molecular weight is 725 g/mol. The van der Waals surface area contributed by atoms with Gasteiger partial charge in [0.05, 0.1) is 20.0 Å². The molecule has 0 atom stereocenters. The summed E-state index contributed by atoms with van der Waals surface area (Å²) in [5.41, 5.74) is 9.32. The van der Waals surface area contributed by atoms with Gasteiger partial charge in [-0.25, -0.2) is 5.43 Å². The zero-order valence-corrected chi connectivity index (χ0v) is 25.9. The second-order valence-electron chi connectivity index (χ2n) is 9.04. The Balaban J connectivity index is 1.23. The average Bonchev–Trinajstić information content (AvgIpc) is 3.35. The van der Waals surface area contributed by atoms with Crippen LogP contribution in [0.4, 0.5) is 0 Å². The third-order valence-corrected chi connectivity index (χ3v) is 7.87. The summed E-state index contributed by atoms with van der Waals surface area (Å²) in [5.74, 6) is 0.456. The van der Waals surface area contributed by atoms with E-state index in [0.717, 1.165) is 47.6 Å². The molecule has 0 radical (unpaired) electrons. The summed E-state index contributed by atoms with van der Waals surface area (Å²) in [5, 5.41) is 4.86. The van der Waals surface area contributed by atoms with Gasteiger partial charge in [-0.05, 0) is 123 Å². The first-order valence-electron chi connectivity index (χ1n) is 12.4. The number of amides is 1. The van der Waals surface area contributed by atoms with Crippen LogP contribution in [0.25, 0.3) is 16.9 Å². The van der Waals surface area contributed by atoms with E-state index in [9.17, 15) is 4.79 Å². The SMILES string of the molecule is Cc1ccc(-c2ccccc2)n1-c1ccc(C(=O)N/N=C/c2cc(Br)c(OCc3ccc(Cl)cc3)c(I)c2)cc1. The summed E-state index contributed by atoms with van der Waals surface area (Å²) in [4.78, 5) is 12.7. The Bertz CT molecular complexity index is 1640. The van der Waals surface area contributed by atoms with Crippen molar-refractivity contribution in [1.29, 1.82) is 0 Å². The number of hydrogen-bond acceptors (Lipinski definition) is 3. The van der Waals surface area contributed by atoms with Crippen molar-refractivity contribution in [1.82, 2.24) is 9.99 Å². The third kappa shape index (κ3) is 6.66. The number of benzene rings is 4. The van der Waals surface area contributed by atoms with Crippen LogP contribution in [-0.2, 0) is 6.61 Å². The van der Waals surface area contributed by atoms with Crippen LogP contribution in [0.1, 0.15) is 27.2 Å². The number of hydrazone groups is 1. The van der Waals surface area contributed by atoms with Crippen LogP contribution in [0.2, 0.25) is 5.02 Å². The molecule has 0 bridgehead atoms. The lowest BCUT2D eigenvalue weighted by atomic mass is 10.1. The summed E-state index contributed by atoms with van der Waals surface area (Å²) in [6, 6.07) is 33.3. The Morgan fingerprint density at radius 2 is 1.73 bits per heavy atom. The zero-order valence-electron chi connectivity index (χ0n) is 21.4. The molecule has 0 saturated heterocycles. The smallest absolute Gasteiger partial charge is 0.271 e. The van der Waals surface area contributed by atoms with Crippen molar-refractivity contribution in [2.75, 3.05) is 0 Å². The highest BCUT2D eigenvalue weighted by Crippen LogP contribution is 2.32. The first-order valence-corrected chi connectivity index (χ1v) is 14.7. The monoisotopic (exact) mass is 723 g/mol. The van der Waals surface area contributed by atoms with E-state index >= 15 is 0 Å². The number of ether oxygens (including phenoxy) is 1. The zero-order chi connectivity index (χ0) is 28.1. The lowest BCUT2D eigenvalue weighted by Crippen LogP contribution is -2.17. The fraction of sp³-hybridized carbons (Fsp3) is 0.0625. The Labute approximate surface area is 260 Å². The molecule has 0 spiro atoms. The summed E-state index contributed by atoms with van der Waals surface area (Å²) >= 11 is 11.8. The molecule has 0 aliphatic heterocycles. The number of nitrogens with zero attached hydrogens (tertiary/aromatic N) is 2. The highest BCUT2D eigenvalue weighted by atomic mass is 127. The van der Waals surface area contributed by atoms with Gasteiger partial charge in [-0.15, -0.1) is 0 Å². The molecule has 4 aromatic carbocycles. The fourth-order valence-electron chi connectivity index (χ4n) is 4.24. The summed E-state index contributed by atoms with van der Waals surface area (Å²) in [7, 11) is 0. The van der Waals surface area contributed by atoms with Gasteiger partial charge in [-0.3, -0.25) is 4.79 Å². The van der Waals surface area contributed by atoms with E-state index < -0.39 is 0 Å². The van der Waals surface area contributed by atoms with Gasteiger partial charge in [0.25, 0.3) is 5.91 Å². The maximum Gasteiger partial charge on any atom is 0.271 e. The van der Waals surface area contributed by atoms with E-state index in [4.69, 9.17) is 16.3 Å².